The van der Waals surface area contributed by atoms with Crippen molar-refractivity contribution in [3.8, 4) is 22.8 Å². The first-order chi connectivity index (χ1) is 16.6. The zero-order valence-electron chi connectivity index (χ0n) is 19.4. The van der Waals surface area contributed by atoms with Gasteiger partial charge >= 0.3 is 0 Å². The van der Waals surface area contributed by atoms with Crippen LogP contribution in [-0.2, 0) is 4.79 Å². The van der Waals surface area contributed by atoms with Crippen molar-refractivity contribution in [2.45, 2.75) is 31.3 Å². The van der Waals surface area contributed by atoms with Crippen LogP contribution in [0.3, 0.4) is 0 Å². The van der Waals surface area contributed by atoms with Crippen molar-refractivity contribution in [2.75, 3.05) is 18.2 Å². The second kappa shape index (κ2) is 11.0. The SMILES string of the molecule is CCC(C)c1ccccc1NC(=O)CSc1nnc(-c2cccnc2)n1-c1ccc(OC)cc1. The Morgan fingerprint density at radius 2 is 1.88 bits per heavy atom. The second-order valence-corrected chi connectivity index (χ2v) is 8.76. The molecule has 0 radical (unpaired) electrons. The molecule has 1 atom stereocenters. The monoisotopic (exact) mass is 473 g/mol. The van der Waals surface area contributed by atoms with Crippen LogP contribution in [0.2, 0.25) is 0 Å². The zero-order chi connectivity index (χ0) is 23.9. The predicted molar refractivity (Wildman–Crippen MR) is 136 cm³/mol. The van der Waals surface area contributed by atoms with Crippen molar-refractivity contribution in [2.24, 2.45) is 0 Å². The lowest BCUT2D eigenvalue weighted by Gasteiger charge is -2.15. The van der Waals surface area contributed by atoms with Gasteiger partial charge in [-0.25, -0.2) is 0 Å². The number of hydrogen-bond acceptors (Lipinski definition) is 6. The van der Waals surface area contributed by atoms with Crippen molar-refractivity contribution in [1.82, 2.24) is 19.7 Å². The van der Waals surface area contributed by atoms with Gasteiger partial charge in [-0.2, -0.15) is 0 Å². The topological polar surface area (TPSA) is 81.9 Å². The Balaban J connectivity index is 1.58. The quantitative estimate of drug-likeness (QED) is 0.320. The van der Waals surface area contributed by atoms with Crippen LogP contribution < -0.4 is 10.1 Å². The first kappa shape index (κ1) is 23.5. The largest absolute Gasteiger partial charge is 0.497 e. The lowest BCUT2D eigenvalue weighted by molar-refractivity contribution is -0.113. The number of hydrogen-bond donors (Lipinski definition) is 1. The Bertz CT molecular complexity index is 1240. The summed E-state index contributed by atoms with van der Waals surface area (Å²) in [6, 6.07) is 19.4. The van der Waals surface area contributed by atoms with Crippen LogP contribution >= 0.6 is 11.8 Å². The molecule has 174 valence electrons. The minimum Gasteiger partial charge on any atom is -0.497 e. The Morgan fingerprint density at radius 3 is 2.59 bits per heavy atom. The molecule has 2 aromatic heterocycles. The number of aromatic nitrogens is 4. The maximum Gasteiger partial charge on any atom is 0.234 e. The summed E-state index contributed by atoms with van der Waals surface area (Å²) in [6.45, 7) is 4.31. The molecule has 8 heteroatoms. The highest BCUT2D eigenvalue weighted by Crippen LogP contribution is 2.30. The maximum absolute atomic E-state index is 12.8. The molecule has 0 saturated heterocycles. The summed E-state index contributed by atoms with van der Waals surface area (Å²) in [6.07, 6.45) is 4.47. The fraction of sp³-hybridized carbons (Fsp3) is 0.231. The van der Waals surface area contributed by atoms with Crippen LogP contribution in [0.5, 0.6) is 5.75 Å². The molecule has 0 aliphatic rings. The van der Waals surface area contributed by atoms with E-state index in [-0.39, 0.29) is 11.7 Å². The van der Waals surface area contributed by atoms with Gasteiger partial charge in [-0.3, -0.25) is 14.3 Å². The van der Waals surface area contributed by atoms with Crippen molar-refractivity contribution < 1.29 is 9.53 Å². The molecule has 34 heavy (non-hydrogen) atoms. The molecule has 0 aliphatic carbocycles. The Kier molecular flexibility index (Phi) is 7.59. The average Bonchev–Trinajstić information content (AvgIpc) is 3.32. The minimum absolute atomic E-state index is 0.0899. The second-order valence-electron chi connectivity index (χ2n) is 7.81. The molecule has 0 bridgehead atoms. The number of nitrogens with one attached hydrogen (secondary N) is 1. The lowest BCUT2D eigenvalue weighted by atomic mass is 9.97. The highest BCUT2D eigenvalue weighted by molar-refractivity contribution is 7.99. The molecular formula is C26H27N5O2S. The van der Waals surface area contributed by atoms with Crippen molar-refractivity contribution in [1.29, 1.82) is 0 Å². The van der Waals surface area contributed by atoms with Gasteiger partial charge in [-0.15, -0.1) is 10.2 Å². The van der Waals surface area contributed by atoms with Gasteiger partial charge in [0.1, 0.15) is 5.75 Å². The highest BCUT2D eigenvalue weighted by Gasteiger charge is 2.18. The fourth-order valence-electron chi connectivity index (χ4n) is 3.59. The Hall–Kier alpha value is -3.65. The number of carbonyl (C=O) groups is 1. The molecule has 7 nitrogen and oxygen atoms in total. The van der Waals surface area contributed by atoms with E-state index >= 15 is 0 Å². The normalized spacial score (nSPS) is 11.7. The van der Waals surface area contributed by atoms with E-state index in [0.29, 0.717) is 16.9 Å². The standard InChI is InChI=1S/C26H27N5O2S/c1-4-18(2)22-9-5-6-10-23(22)28-24(32)17-34-26-30-29-25(19-8-7-15-27-16-19)31(26)20-11-13-21(33-3)14-12-20/h5-16,18H,4,17H2,1-3H3,(H,28,32). The third-order valence-electron chi connectivity index (χ3n) is 5.59. The third-order valence-corrected chi connectivity index (χ3v) is 6.52. The summed E-state index contributed by atoms with van der Waals surface area (Å²) in [5.74, 6) is 1.89. The number of amides is 1. The number of pyridine rings is 1. The van der Waals surface area contributed by atoms with E-state index in [2.05, 4.69) is 40.4 Å². The number of benzene rings is 2. The number of methoxy groups -OCH3 is 1. The van der Waals surface area contributed by atoms with Gasteiger partial charge in [0.2, 0.25) is 5.91 Å². The van der Waals surface area contributed by atoms with Crippen LogP contribution in [0.15, 0.2) is 78.2 Å². The van der Waals surface area contributed by atoms with E-state index in [1.54, 1.807) is 19.5 Å². The Labute approximate surface area is 203 Å². The van der Waals surface area contributed by atoms with Gasteiger partial charge in [0.05, 0.1) is 12.9 Å². The summed E-state index contributed by atoms with van der Waals surface area (Å²) < 4.78 is 7.23. The maximum atomic E-state index is 12.8. The van der Waals surface area contributed by atoms with Gasteiger partial charge in [-0.05, 0) is 60.4 Å². The van der Waals surface area contributed by atoms with Gasteiger partial charge in [0.15, 0.2) is 11.0 Å². The number of para-hydroxylation sites is 1. The van der Waals surface area contributed by atoms with Crippen LogP contribution in [0.4, 0.5) is 5.69 Å². The minimum atomic E-state index is -0.0899. The molecule has 1 amide bonds. The third kappa shape index (κ3) is 5.28. The van der Waals surface area contributed by atoms with Crippen LogP contribution in [0.25, 0.3) is 17.1 Å². The molecule has 2 aromatic carbocycles. The van der Waals surface area contributed by atoms with E-state index in [0.717, 1.165) is 34.7 Å². The van der Waals surface area contributed by atoms with E-state index in [4.69, 9.17) is 4.74 Å². The van der Waals surface area contributed by atoms with Crippen molar-refractivity contribution in [3.05, 3.63) is 78.6 Å². The molecule has 0 spiro atoms. The molecule has 4 rings (SSSR count). The highest BCUT2D eigenvalue weighted by atomic mass is 32.2. The molecule has 0 saturated carbocycles. The van der Waals surface area contributed by atoms with Crippen LogP contribution in [-0.4, -0.2) is 38.5 Å². The van der Waals surface area contributed by atoms with E-state index < -0.39 is 0 Å². The number of carbonyl (C=O) groups excluding carboxylic acids is 1. The number of thioether (sulfide) groups is 1. The lowest BCUT2D eigenvalue weighted by Crippen LogP contribution is -2.16. The summed E-state index contributed by atoms with van der Waals surface area (Å²) in [4.78, 5) is 17.1. The number of rotatable bonds is 9. The van der Waals surface area contributed by atoms with Gasteiger partial charge < -0.3 is 10.1 Å². The molecular weight excluding hydrogens is 446 g/mol. The van der Waals surface area contributed by atoms with Crippen LogP contribution in [0, 0.1) is 0 Å². The first-order valence-electron chi connectivity index (χ1n) is 11.1. The summed E-state index contributed by atoms with van der Waals surface area (Å²) in [5.41, 5.74) is 3.71. The van der Waals surface area contributed by atoms with E-state index in [9.17, 15) is 4.79 Å². The molecule has 1 unspecified atom stereocenters. The molecule has 4 aromatic rings. The van der Waals surface area contributed by atoms with E-state index in [1.165, 1.54) is 11.8 Å². The smallest absolute Gasteiger partial charge is 0.234 e. The summed E-state index contributed by atoms with van der Waals surface area (Å²) >= 11 is 1.34. The van der Waals surface area contributed by atoms with Crippen molar-refractivity contribution in [3.63, 3.8) is 0 Å². The summed E-state index contributed by atoms with van der Waals surface area (Å²) in [5, 5.41) is 12.5. The number of anilines is 1. The number of ether oxygens (including phenoxy) is 1. The number of nitrogens with zero attached hydrogens (tertiary/aromatic N) is 4. The molecule has 2 heterocycles. The van der Waals surface area contributed by atoms with Crippen LogP contribution in [0.1, 0.15) is 31.7 Å². The van der Waals surface area contributed by atoms with Gasteiger partial charge in [0.25, 0.3) is 0 Å². The summed E-state index contributed by atoms with van der Waals surface area (Å²) in [7, 11) is 1.63. The fourth-order valence-corrected chi connectivity index (χ4v) is 4.34. The van der Waals surface area contributed by atoms with Gasteiger partial charge in [0, 0.05) is 29.3 Å². The molecule has 1 N–H and O–H groups in total. The average molecular weight is 474 g/mol. The molecule has 0 aliphatic heterocycles. The Morgan fingerprint density at radius 1 is 1.09 bits per heavy atom. The van der Waals surface area contributed by atoms with E-state index in [1.807, 2.05) is 59.2 Å². The predicted octanol–water partition coefficient (Wildman–Crippen LogP) is 5.58. The first-order valence-corrected chi connectivity index (χ1v) is 12.1. The van der Waals surface area contributed by atoms with Gasteiger partial charge in [-0.1, -0.05) is 43.8 Å². The van der Waals surface area contributed by atoms with Crippen molar-refractivity contribution >= 4 is 23.4 Å². The zero-order valence-corrected chi connectivity index (χ0v) is 20.2. The molecule has 0 fully saturated rings.